The molecule has 0 unspecified atom stereocenters. The Bertz CT molecular complexity index is 945. The summed E-state index contributed by atoms with van der Waals surface area (Å²) < 4.78 is 16.6. The van der Waals surface area contributed by atoms with E-state index >= 15 is 0 Å². The second-order valence-electron chi connectivity index (χ2n) is 6.97. The highest BCUT2D eigenvalue weighted by Gasteiger charge is 2.28. The molecular formula is C21H25N2O4S+. The number of hydrogen-bond acceptors (Lipinski definition) is 5. The predicted molar refractivity (Wildman–Crippen MR) is 108 cm³/mol. The molecule has 4 rings (SSSR count). The average Bonchev–Trinajstić information content (AvgIpc) is 3.37. The van der Waals surface area contributed by atoms with Crippen LogP contribution in [0.15, 0.2) is 40.1 Å². The Labute approximate surface area is 168 Å². The number of fused-ring (bicyclic) bond motifs is 1. The van der Waals surface area contributed by atoms with Crippen LogP contribution in [0.25, 0.3) is 11.0 Å². The Morgan fingerprint density at radius 2 is 2.14 bits per heavy atom. The highest BCUT2D eigenvalue weighted by atomic mass is 32.1. The highest BCUT2D eigenvalue weighted by molar-refractivity contribution is 7.10. The van der Waals surface area contributed by atoms with Crippen molar-refractivity contribution >= 4 is 28.2 Å². The number of thiophene rings is 1. The van der Waals surface area contributed by atoms with Crippen molar-refractivity contribution in [3.8, 4) is 5.75 Å². The lowest BCUT2D eigenvalue weighted by molar-refractivity contribution is -0.937. The van der Waals surface area contributed by atoms with Gasteiger partial charge in [0.2, 0.25) is 0 Å². The fourth-order valence-corrected chi connectivity index (χ4v) is 4.62. The lowest BCUT2D eigenvalue weighted by Gasteiger charge is -2.31. The van der Waals surface area contributed by atoms with Crippen molar-refractivity contribution in [2.45, 2.75) is 13.0 Å². The number of benzene rings is 1. The molecule has 1 saturated heterocycles. The molecule has 1 aromatic carbocycles. The first-order valence-corrected chi connectivity index (χ1v) is 10.4. The number of ether oxygens (including phenoxy) is 2. The first-order valence-electron chi connectivity index (χ1n) is 9.48. The molecule has 1 aliphatic heterocycles. The Morgan fingerprint density at radius 1 is 1.32 bits per heavy atom. The molecule has 1 atom stereocenters. The van der Waals surface area contributed by atoms with Gasteiger partial charge >= 0.3 is 0 Å². The molecular weight excluding hydrogens is 376 g/mol. The maximum atomic E-state index is 12.9. The molecule has 7 heteroatoms. The van der Waals surface area contributed by atoms with Crippen molar-refractivity contribution < 1.29 is 23.6 Å². The van der Waals surface area contributed by atoms with Crippen molar-refractivity contribution in [2.75, 3.05) is 40.0 Å². The smallest absolute Gasteiger partial charge is 0.287 e. The third-order valence-electron chi connectivity index (χ3n) is 5.33. The summed E-state index contributed by atoms with van der Waals surface area (Å²) in [5, 5.41) is 6.08. The number of quaternary nitrogens is 1. The summed E-state index contributed by atoms with van der Waals surface area (Å²) >= 11 is 1.73. The van der Waals surface area contributed by atoms with Crippen molar-refractivity contribution in [3.05, 3.63) is 51.9 Å². The van der Waals surface area contributed by atoms with Crippen LogP contribution in [0.5, 0.6) is 5.75 Å². The zero-order valence-electron chi connectivity index (χ0n) is 16.1. The lowest BCUT2D eigenvalue weighted by Crippen LogP contribution is -3.15. The van der Waals surface area contributed by atoms with Gasteiger partial charge in [-0.2, -0.15) is 0 Å². The molecule has 1 fully saturated rings. The van der Waals surface area contributed by atoms with Crippen LogP contribution >= 0.6 is 11.3 Å². The van der Waals surface area contributed by atoms with E-state index in [2.05, 4.69) is 22.8 Å². The molecule has 148 valence electrons. The molecule has 2 aromatic heterocycles. The minimum absolute atomic E-state index is 0.179. The number of morpholine rings is 1. The van der Waals surface area contributed by atoms with Crippen molar-refractivity contribution in [1.29, 1.82) is 0 Å². The largest absolute Gasteiger partial charge is 0.497 e. The standard InChI is InChI=1S/C21H24N2O4S/c1-14-16-12-15(25-2)5-6-18(16)27-20(14)21(24)22-13-17(19-4-3-11-28-19)23-7-9-26-10-8-23/h3-6,11-12,17H,7-10,13H2,1-2H3,(H,22,24)/p+1/t17-/m0/s1. The molecule has 2 N–H and O–H groups in total. The molecule has 0 radical (unpaired) electrons. The van der Waals surface area contributed by atoms with E-state index in [9.17, 15) is 4.79 Å². The van der Waals surface area contributed by atoms with Crippen LogP contribution in [0.3, 0.4) is 0 Å². The molecule has 3 aromatic rings. The number of rotatable bonds is 6. The minimum atomic E-state index is -0.179. The van der Waals surface area contributed by atoms with Gasteiger partial charge in [-0.15, -0.1) is 11.3 Å². The van der Waals surface area contributed by atoms with Crippen LogP contribution in [0, 0.1) is 6.92 Å². The van der Waals surface area contributed by atoms with E-state index in [1.54, 1.807) is 18.4 Å². The number of carbonyl (C=O) groups excluding carboxylic acids is 1. The van der Waals surface area contributed by atoms with Crippen molar-refractivity contribution in [2.24, 2.45) is 0 Å². The number of furan rings is 1. The molecule has 0 spiro atoms. The van der Waals surface area contributed by atoms with Crippen molar-refractivity contribution in [3.63, 3.8) is 0 Å². The number of nitrogens with one attached hydrogen (secondary N) is 2. The molecule has 1 aliphatic rings. The van der Waals surface area contributed by atoms with E-state index in [1.165, 1.54) is 9.78 Å². The number of carbonyl (C=O) groups is 1. The van der Waals surface area contributed by atoms with E-state index in [4.69, 9.17) is 13.9 Å². The predicted octanol–water partition coefficient (Wildman–Crippen LogP) is 2.20. The van der Waals surface area contributed by atoms with Gasteiger partial charge in [0.25, 0.3) is 5.91 Å². The zero-order chi connectivity index (χ0) is 19.5. The highest BCUT2D eigenvalue weighted by Crippen LogP contribution is 2.28. The lowest BCUT2D eigenvalue weighted by atomic mass is 10.1. The van der Waals surface area contributed by atoms with E-state index in [0.717, 1.165) is 43.0 Å². The van der Waals surface area contributed by atoms with Crippen LogP contribution in [0.2, 0.25) is 0 Å². The number of aryl methyl sites for hydroxylation is 1. The van der Waals surface area contributed by atoms with Gasteiger partial charge in [-0.3, -0.25) is 4.79 Å². The van der Waals surface area contributed by atoms with Gasteiger partial charge in [0.15, 0.2) is 5.76 Å². The summed E-state index contributed by atoms with van der Waals surface area (Å²) in [6.45, 7) is 5.88. The van der Waals surface area contributed by atoms with Crippen LogP contribution in [-0.4, -0.2) is 45.9 Å². The summed E-state index contributed by atoms with van der Waals surface area (Å²) in [5.41, 5.74) is 1.52. The van der Waals surface area contributed by atoms with E-state index < -0.39 is 0 Å². The van der Waals surface area contributed by atoms with Crippen LogP contribution in [0.4, 0.5) is 0 Å². The monoisotopic (exact) mass is 401 g/mol. The summed E-state index contributed by atoms with van der Waals surface area (Å²) in [6, 6.07) is 10.00. The summed E-state index contributed by atoms with van der Waals surface area (Å²) in [6.07, 6.45) is 0. The Kier molecular flexibility index (Phi) is 5.66. The molecule has 0 saturated carbocycles. The minimum Gasteiger partial charge on any atom is -0.497 e. The average molecular weight is 402 g/mol. The van der Waals surface area contributed by atoms with Gasteiger partial charge in [0.1, 0.15) is 30.5 Å². The SMILES string of the molecule is COc1ccc2oc(C(=O)NC[C@@H](c3cccs3)[NH+]3CCOCC3)c(C)c2c1. The summed E-state index contributed by atoms with van der Waals surface area (Å²) in [5.74, 6) is 0.934. The maximum Gasteiger partial charge on any atom is 0.287 e. The molecule has 28 heavy (non-hydrogen) atoms. The Balaban J connectivity index is 1.52. The molecule has 1 amide bonds. The van der Waals surface area contributed by atoms with Gasteiger partial charge in [0, 0.05) is 10.9 Å². The van der Waals surface area contributed by atoms with Gasteiger partial charge < -0.3 is 24.1 Å². The Morgan fingerprint density at radius 3 is 2.86 bits per heavy atom. The normalized spacial score (nSPS) is 16.2. The fraction of sp³-hybridized carbons (Fsp3) is 0.381. The summed E-state index contributed by atoms with van der Waals surface area (Å²) in [7, 11) is 1.63. The second kappa shape index (κ2) is 8.34. The van der Waals surface area contributed by atoms with Crippen LogP contribution in [0.1, 0.15) is 27.0 Å². The van der Waals surface area contributed by atoms with Crippen LogP contribution < -0.4 is 15.0 Å². The third-order valence-corrected chi connectivity index (χ3v) is 6.32. The van der Waals surface area contributed by atoms with E-state index in [1.807, 2.05) is 25.1 Å². The number of amides is 1. The number of methoxy groups -OCH3 is 1. The third kappa shape index (κ3) is 3.78. The molecule has 0 bridgehead atoms. The maximum absolute atomic E-state index is 12.9. The van der Waals surface area contributed by atoms with Gasteiger partial charge in [0.05, 0.1) is 31.7 Å². The van der Waals surface area contributed by atoms with E-state index in [-0.39, 0.29) is 11.9 Å². The van der Waals surface area contributed by atoms with E-state index in [0.29, 0.717) is 17.9 Å². The van der Waals surface area contributed by atoms with Crippen LogP contribution in [-0.2, 0) is 4.74 Å². The Hall–Kier alpha value is -2.35. The van der Waals surface area contributed by atoms with Crippen molar-refractivity contribution in [1.82, 2.24) is 5.32 Å². The molecule has 6 nitrogen and oxygen atoms in total. The fourth-order valence-electron chi connectivity index (χ4n) is 3.74. The number of hydrogen-bond donors (Lipinski definition) is 2. The topological polar surface area (TPSA) is 65.1 Å². The molecule has 3 heterocycles. The zero-order valence-corrected chi connectivity index (χ0v) is 16.9. The summed E-state index contributed by atoms with van der Waals surface area (Å²) in [4.78, 5) is 15.6. The van der Waals surface area contributed by atoms with Gasteiger partial charge in [-0.05, 0) is 36.6 Å². The quantitative estimate of drug-likeness (QED) is 0.665. The van der Waals surface area contributed by atoms with Gasteiger partial charge in [-0.1, -0.05) is 6.07 Å². The first kappa shape index (κ1) is 19.0. The second-order valence-corrected chi connectivity index (χ2v) is 7.95. The van der Waals surface area contributed by atoms with Gasteiger partial charge in [-0.25, -0.2) is 0 Å². The first-order chi connectivity index (χ1) is 13.7. The molecule has 0 aliphatic carbocycles.